The number of rotatable bonds is 3. The summed E-state index contributed by atoms with van der Waals surface area (Å²) in [5.74, 6) is 0.354. The van der Waals surface area contributed by atoms with Gasteiger partial charge in [-0.25, -0.2) is 0 Å². The van der Waals surface area contributed by atoms with Gasteiger partial charge >= 0.3 is 0 Å². The molecule has 2 heterocycles. The molecule has 0 aliphatic carbocycles. The standard InChI is InChI=1S/C20H18ClN3O/c21-17-8-4-7-15(11-17)16-9-10-24(13-16)20(25)18-12-22-23-19(18)14-5-2-1-3-6-14/h1-8,11-12,16H,9-10,13H2,(H,22,23). The van der Waals surface area contributed by atoms with E-state index in [-0.39, 0.29) is 5.91 Å². The molecule has 1 aliphatic rings. The predicted molar refractivity (Wildman–Crippen MR) is 98.7 cm³/mol. The smallest absolute Gasteiger partial charge is 0.257 e. The number of nitrogens with one attached hydrogen (secondary N) is 1. The first-order chi connectivity index (χ1) is 12.2. The lowest BCUT2D eigenvalue weighted by Crippen LogP contribution is -2.28. The maximum absolute atomic E-state index is 13.0. The van der Waals surface area contributed by atoms with Crippen molar-refractivity contribution in [1.29, 1.82) is 0 Å². The maximum atomic E-state index is 13.0. The zero-order chi connectivity index (χ0) is 17.2. The van der Waals surface area contributed by atoms with Crippen LogP contribution in [0, 0.1) is 0 Å². The molecule has 0 spiro atoms. The van der Waals surface area contributed by atoms with Crippen LogP contribution in [-0.4, -0.2) is 34.1 Å². The maximum Gasteiger partial charge on any atom is 0.257 e. The van der Waals surface area contributed by atoms with Gasteiger partial charge in [-0.3, -0.25) is 9.89 Å². The highest BCUT2D eigenvalue weighted by Crippen LogP contribution is 2.31. The molecule has 1 amide bonds. The highest BCUT2D eigenvalue weighted by molar-refractivity contribution is 6.30. The minimum Gasteiger partial charge on any atom is -0.338 e. The van der Waals surface area contributed by atoms with Gasteiger partial charge in [-0.15, -0.1) is 0 Å². The van der Waals surface area contributed by atoms with Crippen LogP contribution in [0.5, 0.6) is 0 Å². The number of hydrogen-bond donors (Lipinski definition) is 1. The van der Waals surface area contributed by atoms with Crippen molar-refractivity contribution in [1.82, 2.24) is 15.1 Å². The number of H-pyrrole nitrogens is 1. The lowest BCUT2D eigenvalue weighted by Gasteiger charge is -2.17. The monoisotopic (exact) mass is 351 g/mol. The highest BCUT2D eigenvalue weighted by Gasteiger charge is 2.30. The lowest BCUT2D eigenvalue weighted by molar-refractivity contribution is 0.0791. The molecular weight excluding hydrogens is 334 g/mol. The Labute approximate surface area is 151 Å². The van der Waals surface area contributed by atoms with E-state index < -0.39 is 0 Å². The van der Waals surface area contributed by atoms with Crippen molar-refractivity contribution in [2.75, 3.05) is 13.1 Å². The van der Waals surface area contributed by atoms with Crippen molar-refractivity contribution in [2.45, 2.75) is 12.3 Å². The van der Waals surface area contributed by atoms with Gasteiger partial charge in [-0.05, 0) is 24.1 Å². The molecule has 25 heavy (non-hydrogen) atoms. The van der Waals surface area contributed by atoms with Gasteiger partial charge in [0.05, 0.1) is 17.5 Å². The molecule has 4 nitrogen and oxygen atoms in total. The van der Waals surface area contributed by atoms with E-state index in [2.05, 4.69) is 16.3 Å². The number of aromatic amines is 1. The molecule has 0 radical (unpaired) electrons. The van der Waals surface area contributed by atoms with Crippen LogP contribution in [0.3, 0.4) is 0 Å². The van der Waals surface area contributed by atoms with Crippen LogP contribution >= 0.6 is 11.6 Å². The number of carbonyl (C=O) groups is 1. The minimum absolute atomic E-state index is 0.0251. The van der Waals surface area contributed by atoms with Crippen molar-refractivity contribution < 1.29 is 4.79 Å². The third-order valence-corrected chi connectivity index (χ3v) is 4.96. The Kier molecular flexibility index (Phi) is 4.28. The van der Waals surface area contributed by atoms with E-state index in [0.29, 0.717) is 18.0 Å². The molecule has 0 bridgehead atoms. The molecule has 4 rings (SSSR count). The number of likely N-dealkylation sites (tertiary alicyclic amines) is 1. The Morgan fingerprint density at radius 2 is 2.00 bits per heavy atom. The van der Waals surface area contributed by atoms with Crippen LogP contribution in [0.1, 0.15) is 28.3 Å². The number of halogens is 1. The van der Waals surface area contributed by atoms with Crippen LogP contribution in [0.25, 0.3) is 11.3 Å². The van der Waals surface area contributed by atoms with Crippen LogP contribution < -0.4 is 0 Å². The minimum atomic E-state index is 0.0251. The van der Waals surface area contributed by atoms with E-state index >= 15 is 0 Å². The van der Waals surface area contributed by atoms with Gasteiger partial charge in [0.2, 0.25) is 0 Å². The van der Waals surface area contributed by atoms with Gasteiger partial charge in [-0.2, -0.15) is 5.10 Å². The van der Waals surface area contributed by atoms with Gasteiger partial charge in [0, 0.05) is 29.6 Å². The zero-order valence-electron chi connectivity index (χ0n) is 13.7. The Balaban J connectivity index is 1.54. The second-order valence-electron chi connectivity index (χ2n) is 6.32. The molecule has 1 aliphatic heterocycles. The predicted octanol–water partition coefficient (Wildman–Crippen LogP) is 4.36. The van der Waals surface area contributed by atoms with E-state index in [1.54, 1.807) is 6.20 Å². The molecule has 5 heteroatoms. The SMILES string of the molecule is O=C(c1cn[nH]c1-c1ccccc1)N1CCC(c2cccc(Cl)c2)C1. The molecular formula is C20H18ClN3O. The molecule has 3 aromatic rings. The first kappa shape index (κ1) is 15.9. The van der Waals surface area contributed by atoms with E-state index in [1.807, 2.05) is 53.4 Å². The molecule has 1 N–H and O–H groups in total. The topological polar surface area (TPSA) is 49.0 Å². The van der Waals surface area contributed by atoms with Gasteiger partial charge < -0.3 is 4.90 Å². The van der Waals surface area contributed by atoms with Crippen LogP contribution in [-0.2, 0) is 0 Å². The number of nitrogens with zero attached hydrogens (tertiary/aromatic N) is 2. The summed E-state index contributed by atoms with van der Waals surface area (Å²) in [7, 11) is 0. The average Bonchev–Trinajstić information content (AvgIpc) is 3.32. The summed E-state index contributed by atoms with van der Waals surface area (Å²) in [6.07, 6.45) is 2.57. The normalized spacial score (nSPS) is 17.0. The molecule has 2 aromatic carbocycles. The Morgan fingerprint density at radius 3 is 2.80 bits per heavy atom. The number of hydrogen-bond acceptors (Lipinski definition) is 2. The van der Waals surface area contributed by atoms with E-state index in [9.17, 15) is 4.79 Å². The lowest BCUT2D eigenvalue weighted by atomic mass is 9.99. The first-order valence-electron chi connectivity index (χ1n) is 8.36. The van der Waals surface area contributed by atoms with E-state index in [1.165, 1.54) is 5.56 Å². The number of amides is 1. The molecule has 0 saturated carbocycles. The molecule has 1 atom stereocenters. The largest absolute Gasteiger partial charge is 0.338 e. The summed E-state index contributed by atoms with van der Waals surface area (Å²) in [6.45, 7) is 1.45. The summed E-state index contributed by atoms with van der Waals surface area (Å²) in [4.78, 5) is 14.9. The van der Waals surface area contributed by atoms with Crippen LogP contribution in [0.2, 0.25) is 5.02 Å². The second-order valence-corrected chi connectivity index (χ2v) is 6.75. The van der Waals surface area contributed by atoms with Crippen LogP contribution in [0.15, 0.2) is 60.8 Å². The summed E-state index contributed by atoms with van der Waals surface area (Å²) < 4.78 is 0. The fraction of sp³-hybridized carbons (Fsp3) is 0.200. The fourth-order valence-corrected chi connectivity index (χ4v) is 3.62. The summed E-state index contributed by atoms with van der Waals surface area (Å²) in [6, 6.07) is 17.7. The number of aromatic nitrogens is 2. The van der Waals surface area contributed by atoms with E-state index in [0.717, 1.165) is 29.2 Å². The fourth-order valence-electron chi connectivity index (χ4n) is 3.42. The zero-order valence-corrected chi connectivity index (χ0v) is 14.4. The molecule has 1 fully saturated rings. The summed E-state index contributed by atoms with van der Waals surface area (Å²) in [5, 5.41) is 7.79. The third kappa shape index (κ3) is 3.17. The highest BCUT2D eigenvalue weighted by atomic mass is 35.5. The van der Waals surface area contributed by atoms with E-state index in [4.69, 9.17) is 11.6 Å². The Hall–Kier alpha value is -2.59. The second kappa shape index (κ2) is 6.73. The van der Waals surface area contributed by atoms with Crippen molar-refractivity contribution in [3.8, 4) is 11.3 Å². The van der Waals surface area contributed by atoms with Gasteiger partial charge in [0.1, 0.15) is 0 Å². The van der Waals surface area contributed by atoms with Gasteiger partial charge in [0.25, 0.3) is 5.91 Å². The quantitative estimate of drug-likeness (QED) is 0.762. The Bertz CT molecular complexity index is 891. The molecule has 1 saturated heterocycles. The molecule has 126 valence electrons. The first-order valence-corrected chi connectivity index (χ1v) is 8.73. The van der Waals surface area contributed by atoms with Crippen molar-refractivity contribution in [3.63, 3.8) is 0 Å². The number of carbonyl (C=O) groups excluding carboxylic acids is 1. The Morgan fingerprint density at radius 1 is 1.16 bits per heavy atom. The summed E-state index contributed by atoms with van der Waals surface area (Å²) >= 11 is 6.10. The van der Waals surface area contributed by atoms with Crippen molar-refractivity contribution in [2.24, 2.45) is 0 Å². The van der Waals surface area contributed by atoms with Crippen molar-refractivity contribution in [3.05, 3.63) is 76.9 Å². The summed E-state index contributed by atoms with van der Waals surface area (Å²) in [5.41, 5.74) is 3.56. The molecule has 1 aromatic heterocycles. The van der Waals surface area contributed by atoms with Crippen LogP contribution in [0.4, 0.5) is 0 Å². The third-order valence-electron chi connectivity index (χ3n) is 4.73. The number of benzene rings is 2. The van der Waals surface area contributed by atoms with Gasteiger partial charge in [-0.1, -0.05) is 54.1 Å². The molecule has 1 unspecified atom stereocenters. The average molecular weight is 352 g/mol. The van der Waals surface area contributed by atoms with Gasteiger partial charge in [0.15, 0.2) is 0 Å². The van der Waals surface area contributed by atoms with Crippen molar-refractivity contribution >= 4 is 17.5 Å².